The van der Waals surface area contributed by atoms with Crippen LogP contribution in [-0.4, -0.2) is 38.0 Å². The predicted molar refractivity (Wildman–Crippen MR) is 43.2 cm³/mol. The molecule has 0 fully saturated rings. The van der Waals surface area contributed by atoms with E-state index in [0.29, 0.717) is 12.9 Å². The van der Waals surface area contributed by atoms with Crippen molar-refractivity contribution in [1.82, 2.24) is 0 Å². The molecule has 0 saturated carbocycles. The van der Waals surface area contributed by atoms with Crippen LogP contribution in [0.25, 0.3) is 0 Å². The van der Waals surface area contributed by atoms with E-state index in [9.17, 15) is 0 Å². The number of ether oxygens (including phenoxy) is 1. The molecule has 0 aromatic heterocycles. The Labute approximate surface area is 68.9 Å². The Morgan fingerprint density at radius 1 is 1.45 bits per heavy atom. The van der Waals surface area contributed by atoms with E-state index in [1.54, 1.807) is 7.11 Å². The maximum Gasteiger partial charge on any atom is 0.327 e. The van der Waals surface area contributed by atoms with Crippen molar-refractivity contribution >= 4 is 16.4 Å². The monoisotopic (exact) mass is 178 g/mol. The molecular formula is C5H12BO4P. The van der Waals surface area contributed by atoms with Gasteiger partial charge in [0.05, 0.1) is 21.1 Å². The van der Waals surface area contributed by atoms with Crippen molar-refractivity contribution in [2.75, 3.05) is 20.3 Å². The van der Waals surface area contributed by atoms with Crippen molar-refractivity contribution in [2.45, 2.75) is 6.32 Å². The van der Waals surface area contributed by atoms with E-state index >= 15 is 0 Å². The summed E-state index contributed by atoms with van der Waals surface area (Å²) in [6, 6.07) is 0. The lowest BCUT2D eigenvalue weighted by Crippen LogP contribution is -2.13. The smallest absolute Gasteiger partial charge is 0.327 e. The summed E-state index contributed by atoms with van der Waals surface area (Å²) < 4.78 is 9.37. The maximum atomic E-state index is 8.38. The zero-order chi connectivity index (χ0) is 8.69. The van der Waals surface area contributed by atoms with Gasteiger partial charge in [0.1, 0.15) is 0 Å². The Kier molecular flexibility index (Phi) is 7.22. The fraction of sp³-hybridized carbons (Fsp3) is 1.00. The summed E-state index contributed by atoms with van der Waals surface area (Å²) in [5.74, 6) is 0.0318. The summed E-state index contributed by atoms with van der Waals surface area (Å²) in [6.45, 7) is 0.697. The van der Waals surface area contributed by atoms with Gasteiger partial charge in [0, 0.05) is 7.11 Å². The highest BCUT2D eigenvalue weighted by Gasteiger charge is 2.08. The lowest BCUT2D eigenvalue weighted by Gasteiger charge is -2.13. The SMILES string of the molecule is [B]CC(COC)COP(O)O. The first-order valence-corrected chi connectivity index (χ1v) is 4.37. The molecule has 2 N–H and O–H groups in total. The second-order valence-electron chi connectivity index (χ2n) is 2.11. The molecule has 0 aliphatic rings. The Hall–Kier alpha value is 0.335. The molecule has 0 aromatic carbocycles. The summed E-state index contributed by atoms with van der Waals surface area (Å²) in [7, 11) is 4.63. The largest absolute Gasteiger partial charge is 0.384 e. The highest BCUT2D eigenvalue weighted by atomic mass is 31.2. The Bertz CT molecular complexity index is 92.6. The van der Waals surface area contributed by atoms with Crippen LogP contribution in [0.2, 0.25) is 6.32 Å². The van der Waals surface area contributed by atoms with Crippen molar-refractivity contribution in [2.24, 2.45) is 5.92 Å². The van der Waals surface area contributed by atoms with E-state index in [1.807, 2.05) is 0 Å². The van der Waals surface area contributed by atoms with Gasteiger partial charge in [0.15, 0.2) is 0 Å². The zero-order valence-electron chi connectivity index (χ0n) is 6.43. The van der Waals surface area contributed by atoms with E-state index in [-0.39, 0.29) is 12.5 Å². The lowest BCUT2D eigenvalue weighted by molar-refractivity contribution is 0.121. The average molecular weight is 178 g/mol. The van der Waals surface area contributed by atoms with Gasteiger partial charge in [0.2, 0.25) is 0 Å². The maximum absolute atomic E-state index is 8.38. The third kappa shape index (κ3) is 6.72. The van der Waals surface area contributed by atoms with Crippen LogP contribution >= 0.6 is 8.60 Å². The molecule has 0 amide bonds. The minimum absolute atomic E-state index is 0.0318. The van der Waals surface area contributed by atoms with Crippen LogP contribution in [0.5, 0.6) is 0 Å². The number of hydrogen-bond donors (Lipinski definition) is 2. The highest BCUT2D eigenvalue weighted by molar-refractivity contribution is 7.39. The van der Waals surface area contributed by atoms with Gasteiger partial charge in [0.25, 0.3) is 0 Å². The molecule has 0 bridgehead atoms. The molecule has 0 spiro atoms. The number of rotatable bonds is 6. The topological polar surface area (TPSA) is 58.9 Å². The van der Waals surface area contributed by atoms with Gasteiger partial charge in [-0.25, -0.2) is 0 Å². The zero-order valence-corrected chi connectivity index (χ0v) is 7.33. The molecule has 1 atom stereocenters. The van der Waals surface area contributed by atoms with Crippen molar-refractivity contribution in [3.05, 3.63) is 0 Å². The van der Waals surface area contributed by atoms with Crippen molar-refractivity contribution in [3.63, 3.8) is 0 Å². The van der Waals surface area contributed by atoms with Crippen LogP contribution in [0.3, 0.4) is 0 Å². The number of methoxy groups -OCH3 is 1. The molecule has 64 valence electrons. The van der Waals surface area contributed by atoms with Crippen molar-refractivity contribution in [3.8, 4) is 0 Å². The summed E-state index contributed by atoms with van der Waals surface area (Å²) >= 11 is 0. The van der Waals surface area contributed by atoms with Gasteiger partial charge in [-0.1, -0.05) is 6.32 Å². The fourth-order valence-electron chi connectivity index (χ4n) is 0.592. The second kappa shape index (κ2) is 7.01. The third-order valence-electron chi connectivity index (χ3n) is 1.16. The molecule has 0 rings (SSSR count). The third-order valence-corrected chi connectivity index (χ3v) is 1.54. The standard InChI is InChI=1S/C5H12BO4P/c1-9-3-5(2-6)4-10-11(7)8/h5,7-8H,2-4H2,1H3. The fourth-order valence-corrected chi connectivity index (χ4v) is 0.936. The summed E-state index contributed by atoms with van der Waals surface area (Å²) in [4.78, 5) is 16.8. The van der Waals surface area contributed by atoms with Gasteiger partial charge < -0.3 is 19.0 Å². The summed E-state index contributed by atoms with van der Waals surface area (Å²) in [5.41, 5.74) is 0. The van der Waals surface area contributed by atoms with Crippen LogP contribution in [0.4, 0.5) is 0 Å². The van der Waals surface area contributed by atoms with Crippen molar-refractivity contribution in [1.29, 1.82) is 0 Å². The lowest BCUT2D eigenvalue weighted by atomic mass is 9.93. The predicted octanol–water partition coefficient (Wildman–Crippen LogP) is 0.0639. The molecule has 6 heteroatoms. The van der Waals surface area contributed by atoms with Crippen LogP contribution < -0.4 is 0 Å². The molecular weight excluding hydrogens is 166 g/mol. The molecule has 1 unspecified atom stereocenters. The molecule has 11 heavy (non-hydrogen) atoms. The molecule has 4 nitrogen and oxygen atoms in total. The second-order valence-corrected chi connectivity index (χ2v) is 2.87. The molecule has 0 saturated heterocycles. The molecule has 2 radical (unpaired) electrons. The quantitative estimate of drug-likeness (QED) is 0.446. The normalized spacial score (nSPS) is 13.8. The first-order valence-electron chi connectivity index (χ1n) is 3.20. The van der Waals surface area contributed by atoms with E-state index < -0.39 is 8.60 Å². The summed E-state index contributed by atoms with van der Waals surface area (Å²) in [5, 5.41) is 0. The van der Waals surface area contributed by atoms with Crippen LogP contribution in [-0.2, 0) is 9.26 Å². The van der Waals surface area contributed by atoms with E-state index in [4.69, 9.17) is 22.4 Å². The first kappa shape index (κ1) is 11.3. The minimum atomic E-state index is -2.26. The van der Waals surface area contributed by atoms with Gasteiger partial charge in [-0.15, -0.1) is 0 Å². The van der Waals surface area contributed by atoms with E-state index in [0.717, 1.165) is 0 Å². The van der Waals surface area contributed by atoms with Gasteiger partial charge >= 0.3 is 8.60 Å². The molecule has 0 aromatic rings. The van der Waals surface area contributed by atoms with Crippen LogP contribution in [0, 0.1) is 5.92 Å². The molecule has 0 aliphatic heterocycles. The number of hydrogen-bond acceptors (Lipinski definition) is 4. The first-order chi connectivity index (χ1) is 5.20. The molecule has 0 heterocycles. The van der Waals surface area contributed by atoms with E-state index in [2.05, 4.69) is 4.52 Å². The Morgan fingerprint density at radius 2 is 2.09 bits per heavy atom. The van der Waals surface area contributed by atoms with Gasteiger partial charge in [-0.3, -0.25) is 0 Å². The molecule has 0 aliphatic carbocycles. The minimum Gasteiger partial charge on any atom is -0.384 e. The highest BCUT2D eigenvalue weighted by Crippen LogP contribution is 2.25. The van der Waals surface area contributed by atoms with E-state index in [1.165, 1.54) is 0 Å². The Balaban J connectivity index is 3.35. The van der Waals surface area contributed by atoms with Gasteiger partial charge in [-0.2, -0.15) is 0 Å². The summed E-state index contributed by atoms with van der Waals surface area (Å²) in [6.07, 6.45) is 0.414. The van der Waals surface area contributed by atoms with Gasteiger partial charge in [-0.05, 0) is 5.92 Å². The van der Waals surface area contributed by atoms with Crippen molar-refractivity contribution < 1.29 is 19.0 Å². The van der Waals surface area contributed by atoms with Crippen LogP contribution in [0.1, 0.15) is 0 Å². The Morgan fingerprint density at radius 3 is 2.45 bits per heavy atom. The van der Waals surface area contributed by atoms with Crippen LogP contribution in [0.15, 0.2) is 0 Å². The average Bonchev–Trinajstić information content (AvgIpc) is 1.97.